The van der Waals surface area contributed by atoms with Crippen molar-refractivity contribution in [2.24, 2.45) is 5.10 Å². The van der Waals surface area contributed by atoms with Gasteiger partial charge < -0.3 is 8.92 Å². The number of nitrogens with zero attached hydrogens (tertiary/aromatic N) is 2. The number of hydrazone groups is 1. The number of aromatic nitrogens is 1. The van der Waals surface area contributed by atoms with Crippen LogP contribution in [0.1, 0.15) is 5.56 Å². The molecule has 8 nitrogen and oxygen atoms in total. The molecular formula is C23H19N3O5S3. The maximum absolute atomic E-state index is 12.5. The van der Waals surface area contributed by atoms with E-state index < -0.39 is 10.1 Å². The van der Waals surface area contributed by atoms with Crippen molar-refractivity contribution in [3.8, 4) is 11.5 Å². The number of carbonyl (C=O) groups is 1. The van der Waals surface area contributed by atoms with Crippen LogP contribution in [0.4, 0.5) is 0 Å². The van der Waals surface area contributed by atoms with Gasteiger partial charge in [0, 0.05) is 0 Å². The van der Waals surface area contributed by atoms with Gasteiger partial charge in [-0.15, -0.1) is 11.3 Å². The first-order valence-corrected chi connectivity index (χ1v) is 13.1. The maximum atomic E-state index is 12.5. The van der Waals surface area contributed by atoms with E-state index in [4.69, 9.17) is 8.92 Å². The molecule has 0 unspecified atom stereocenters. The zero-order valence-corrected chi connectivity index (χ0v) is 20.3. The molecule has 0 radical (unpaired) electrons. The summed E-state index contributed by atoms with van der Waals surface area (Å²) >= 11 is 2.87. The molecule has 0 fully saturated rings. The summed E-state index contributed by atoms with van der Waals surface area (Å²) in [5.74, 6) is 0.146. The van der Waals surface area contributed by atoms with E-state index in [2.05, 4.69) is 15.5 Å². The number of ether oxygens (including phenoxy) is 1. The van der Waals surface area contributed by atoms with Crippen LogP contribution in [0.15, 0.2) is 87.1 Å². The minimum Gasteiger partial charge on any atom is -0.493 e. The first kappa shape index (κ1) is 23.7. The quantitative estimate of drug-likeness (QED) is 0.154. The number of benzene rings is 3. The summed E-state index contributed by atoms with van der Waals surface area (Å²) < 4.78 is 37.3. The van der Waals surface area contributed by atoms with Gasteiger partial charge in [-0.3, -0.25) is 4.79 Å². The zero-order chi connectivity index (χ0) is 24.0. The van der Waals surface area contributed by atoms with Crippen LogP contribution < -0.4 is 14.3 Å². The molecule has 0 atom stereocenters. The number of hydrogen-bond donors (Lipinski definition) is 1. The molecule has 0 aliphatic rings. The Labute approximate surface area is 204 Å². The van der Waals surface area contributed by atoms with E-state index in [1.165, 1.54) is 54.6 Å². The lowest BCUT2D eigenvalue weighted by atomic mass is 10.2. The minimum atomic E-state index is -4.00. The van der Waals surface area contributed by atoms with Gasteiger partial charge in [0.2, 0.25) is 0 Å². The third-order valence-corrected chi connectivity index (χ3v) is 7.85. The van der Waals surface area contributed by atoms with Crippen LogP contribution in [-0.4, -0.2) is 38.4 Å². The molecule has 0 saturated heterocycles. The summed E-state index contributed by atoms with van der Waals surface area (Å²) in [6.45, 7) is 0. The summed E-state index contributed by atoms with van der Waals surface area (Å²) in [6.07, 6.45) is 1.43. The van der Waals surface area contributed by atoms with Crippen molar-refractivity contribution in [2.75, 3.05) is 12.9 Å². The summed E-state index contributed by atoms with van der Waals surface area (Å²) in [5.41, 5.74) is 3.96. The molecule has 0 aliphatic heterocycles. The molecule has 0 bridgehead atoms. The van der Waals surface area contributed by atoms with E-state index >= 15 is 0 Å². The topological polar surface area (TPSA) is 107 Å². The average Bonchev–Trinajstić information content (AvgIpc) is 3.27. The van der Waals surface area contributed by atoms with Gasteiger partial charge in [0.15, 0.2) is 15.8 Å². The molecule has 1 aromatic heterocycles. The number of carbonyl (C=O) groups excluding carboxylic acids is 1. The van der Waals surface area contributed by atoms with E-state index in [0.29, 0.717) is 5.56 Å². The molecule has 0 aliphatic carbocycles. The average molecular weight is 514 g/mol. The van der Waals surface area contributed by atoms with E-state index in [-0.39, 0.29) is 28.1 Å². The van der Waals surface area contributed by atoms with Gasteiger partial charge in [0.25, 0.3) is 5.91 Å². The Balaban J connectivity index is 1.35. The Kier molecular flexibility index (Phi) is 7.46. The SMILES string of the molecule is COc1cc(/C=N\NC(=O)CSc2nc3ccccc3s2)ccc1OS(=O)(=O)c1ccccc1. The fraction of sp³-hybridized carbons (Fsp3) is 0.0870. The van der Waals surface area contributed by atoms with E-state index in [1.54, 1.807) is 30.3 Å². The minimum absolute atomic E-state index is 0.0362. The lowest BCUT2D eigenvalue weighted by Gasteiger charge is -2.11. The Hall–Kier alpha value is -3.41. The predicted octanol–water partition coefficient (Wildman–Crippen LogP) is 4.32. The number of para-hydroxylation sites is 1. The predicted molar refractivity (Wildman–Crippen MR) is 133 cm³/mol. The number of thiazole rings is 1. The van der Waals surface area contributed by atoms with Crippen molar-refractivity contribution in [1.29, 1.82) is 0 Å². The molecule has 1 N–H and O–H groups in total. The molecule has 1 amide bonds. The van der Waals surface area contributed by atoms with Crippen molar-refractivity contribution < 1.29 is 22.1 Å². The van der Waals surface area contributed by atoms with Crippen molar-refractivity contribution in [2.45, 2.75) is 9.24 Å². The highest BCUT2D eigenvalue weighted by Crippen LogP contribution is 2.31. The van der Waals surface area contributed by atoms with Crippen LogP contribution in [0.25, 0.3) is 10.2 Å². The van der Waals surface area contributed by atoms with E-state index in [1.807, 2.05) is 24.3 Å². The second-order valence-corrected chi connectivity index (χ2v) is 10.6. The van der Waals surface area contributed by atoms with Gasteiger partial charge in [-0.1, -0.05) is 42.1 Å². The monoisotopic (exact) mass is 513 g/mol. The van der Waals surface area contributed by atoms with Crippen molar-refractivity contribution >= 4 is 55.6 Å². The Morgan fingerprint density at radius 1 is 1.09 bits per heavy atom. The van der Waals surface area contributed by atoms with Gasteiger partial charge in [0.1, 0.15) is 4.90 Å². The molecule has 34 heavy (non-hydrogen) atoms. The number of thioether (sulfide) groups is 1. The highest BCUT2D eigenvalue weighted by molar-refractivity contribution is 8.01. The Morgan fingerprint density at radius 3 is 2.62 bits per heavy atom. The second kappa shape index (κ2) is 10.7. The van der Waals surface area contributed by atoms with Gasteiger partial charge in [-0.2, -0.15) is 13.5 Å². The first-order chi connectivity index (χ1) is 16.4. The maximum Gasteiger partial charge on any atom is 0.339 e. The number of amides is 1. The van der Waals surface area contributed by atoms with Crippen LogP contribution in [0.5, 0.6) is 11.5 Å². The standard InChI is InChI=1S/C23H19N3O5S3/c1-30-20-13-16(11-12-19(20)31-34(28,29)17-7-3-2-4-8-17)14-24-26-22(27)15-32-23-25-18-9-5-6-10-21(18)33-23/h2-14H,15H2,1H3,(H,26,27)/b24-14-. The lowest BCUT2D eigenvalue weighted by molar-refractivity contribution is -0.118. The third-order valence-electron chi connectivity index (χ3n) is 4.42. The number of rotatable bonds is 9. The number of methoxy groups -OCH3 is 1. The molecule has 174 valence electrons. The van der Waals surface area contributed by atoms with Crippen LogP contribution in [0, 0.1) is 0 Å². The van der Waals surface area contributed by atoms with Gasteiger partial charge in [-0.05, 0) is 48.0 Å². The second-order valence-electron chi connectivity index (χ2n) is 6.79. The fourth-order valence-electron chi connectivity index (χ4n) is 2.84. The van der Waals surface area contributed by atoms with Crippen LogP contribution in [-0.2, 0) is 14.9 Å². The molecule has 1 heterocycles. The summed E-state index contributed by atoms with van der Waals surface area (Å²) in [6, 6.07) is 20.2. The lowest BCUT2D eigenvalue weighted by Crippen LogP contribution is -2.19. The Morgan fingerprint density at radius 2 is 1.85 bits per heavy atom. The summed E-state index contributed by atoms with van der Waals surface area (Å²) in [5, 5.41) is 3.95. The van der Waals surface area contributed by atoms with Crippen LogP contribution >= 0.6 is 23.1 Å². The molecule has 0 spiro atoms. The Bertz CT molecular complexity index is 1400. The number of fused-ring (bicyclic) bond motifs is 1. The summed E-state index contributed by atoms with van der Waals surface area (Å²) in [7, 11) is -2.60. The molecular weight excluding hydrogens is 494 g/mol. The zero-order valence-electron chi connectivity index (χ0n) is 17.9. The fourth-order valence-corrected chi connectivity index (χ4v) is 5.66. The van der Waals surface area contributed by atoms with Crippen LogP contribution in [0.3, 0.4) is 0 Å². The highest BCUT2D eigenvalue weighted by atomic mass is 32.2. The normalized spacial score (nSPS) is 11.6. The van der Waals surface area contributed by atoms with Crippen molar-refractivity contribution in [3.05, 3.63) is 78.4 Å². The number of nitrogens with one attached hydrogen (secondary N) is 1. The van der Waals surface area contributed by atoms with Gasteiger partial charge >= 0.3 is 10.1 Å². The van der Waals surface area contributed by atoms with Crippen LogP contribution in [0.2, 0.25) is 0 Å². The third kappa shape index (κ3) is 5.93. The van der Waals surface area contributed by atoms with E-state index in [9.17, 15) is 13.2 Å². The molecule has 0 saturated carbocycles. The summed E-state index contributed by atoms with van der Waals surface area (Å²) in [4.78, 5) is 16.6. The molecule has 4 rings (SSSR count). The van der Waals surface area contributed by atoms with Crippen molar-refractivity contribution in [3.63, 3.8) is 0 Å². The first-order valence-electron chi connectivity index (χ1n) is 9.92. The van der Waals surface area contributed by atoms with Crippen molar-refractivity contribution in [1.82, 2.24) is 10.4 Å². The number of hydrogen-bond acceptors (Lipinski definition) is 9. The smallest absolute Gasteiger partial charge is 0.339 e. The molecule has 3 aromatic carbocycles. The molecule has 4 aromatic rings. The largest absolute Gasteiger partial charge is 0.493 e. The van der Waals surface area contributed by atoms with E-state index in [0.717, 1.165) is 14.6 Å². The highest BCUT2D eigenvalue weighted by Gasteiger charge is 2.18. The van der Waals surface area contributed by atoms with Gasteiger partial charge in [0.05, 0.1) is 29.3 Å². The van der Waals surface area contributed by atoms with Gasteiger partial charge in [-0.25, -0.2) is 10.4 Å². The molecule has 11 heteroatoms.